The van der Waals surface area contributed by atoms with E-state index in [1.165, 1.54) is 24.3 Å². The first-order chi connectivity index (χ1) is 20.3. The molecule has 1 aliphatic carbocycles. The maximum Gasteiger partial charge on any atom is 0.422 e. The van der Waals surface area contributed by atoms with E-state index in [1.54, 1.807) is 12.1 Å². The molecule has 1 unspecified atom stereocenters. The number of hydrogen-bond donors (Lipinski definition) is 6. The monoisotopic (exact) mass is 622 g/mol. The predicted octanol–water partition coefficient (Wildman–Crippen LogP) is 2.00. The standard InChI is InChI=1S/C26H26ClF3N8O5/c27-16-5-3-15(4-6-16)25(9-10-25)38-23-35-22(36-24(37-23)43-13-26(28,29)30)34-17-7-1-14(2-8-17)20(41)32-11-18(39)12-33-21(42)19(31)40/h1-8,18,39H,9-13H2,(H2,31,40)(H,32,41)(H,33,42)(H2,34,35,36,37,38). The molecule has 3 aromatic rings. The van der Waals surface area contributed by atoms with Gasteiger partial charge in [0.1, 0.15) is 0 Å². The van der Waals surface area contributed by atoms with Crippen molar-refractivity contribution in [2.45, 2.75) is 30.7 Å². The molecule has 1 aliphatic rings. The lowest BCUT2D eigenvalue weighted by atomic mass is 10.1. The number of carbonyl (C=O) groups excluding carboxylic acids is 3. The smallest absolute Gasteiger partial charge is 0.422 e. The van der Waals surface area contributed by atoms with Gasteiger partial charge in [0.15, 0.2) is 6.61 Å². The van der Waals surface area contributed by atoms with Gasteiger partial charge in [0.25, 0.3) is 5.91 Å². The molecule has 1 aromatic heterocycles. The second-order valence-corrected chi connectivity index (χ2v) is 9.96. The number of rotatable bonds is 12. The molecule has 1 atom stereocenters. The van der Waals surface area contributed by atoms with Crippen LogP contribution in [-0.2, 0) is 15.1 Å². The topological polar surface area (TPSA) is 193 Å². The number of nitrogens with two attached hydrogens (primary N) is 1. The van der Waals surface area contributed by atoms with E-state index < -0.39 is 48.2 Å². The number of alkyl halides is 3. The van der Waals surface area contributed by atoms with Crippen LogP contribution in [0.15, 0.2) is 48.5 Å². The minimum Gasteiger partial charge on any atom is -0.454 e. The number of aliphatic hydroxyl groups excluding tert-OH is 1. The molecule has 4 rings (SSSR count). The van der Waals surface area contributed by atoms with E-state index in [4.69, 9.17) is 22.1 Å². The van der Waals surface area contributed by atoms with Gasteiger partial charge in [0.05, 0.1) is 11.6 Å². The highest BCUT2D eigenvalue weighted by Gasteiger charge is 2.45. The van der Waals surface area contributed by atoms with Crippen LogP contribution in [0.2, 0.25) is 5.02 Å². The molecular weight excluding hydrogens is 597 g/mol. The molecule has 228 valence electrons. The van der Waals surface area contributed by atoms with Crippen LogP contribution >= 0.6 is 11.6 Å². The van der Waals surface area contributed by atoms with Crippen LogP contribution in [0.25, 0.3) is 0 Å². The summed E-state index contributed by atoms with van der Waals surface area (Å²) < 4.78 is 43.2. The van der Waals surface area contributed by atoms with Gasteiger partial charge in [-0.15, -0.1) is 0 Å². The summed E-state index contributed by atoms with van der Waals surface area (Å²) in [6.07, 6.45) is -4.34. The van der Waals surface area contributed by atoms with E-state index in [0.29, 0.717) is 10.7 Å². The van der Waals surface area contributed by atoms with Gasteiger partial charge in [-0.3, -0.25) is 14.4 Å². The van der Waals surface area contributed by atoms with E-state index in [2.05, 4.69) is 36.2 Å². The summed E-state index contributed by atoms with van der Waals surface area (Å²) in [6.45, 7) is -2.13. The van der Waals surface area contributed by atoms with Crippen molar-refractivity contribution in [3.8, 4) is 6.01 Å². The number of amides is 3. The van der Waals surface area contributed by atoms with Gasteiger partial charge < -0.3 is 36.8 Å². The zero-order chi connectivity index (χ0) is 31.2. The number of benzene rings is 2. The highest BCUT2D eigenvalue weighted by atomic mass is 35.5. The zero-order valence-electron chi connectivity index (χ0n) is 22.2. The van der Waals surface area contributed by atoms with Crippen molar-refractivity contribution in [1.82, 2.24) is 25.6 Å². The molecular formula is C26H26ClF3N8O5. The fraction of sp³-hybridized carbons (Fsp3) is 0.308. The van der Waals surface area contributed by atoms with Crippen LogP contribution in [0.5, 0.6) is 6.01 Å². The molecule has 43 heavy (non-hydrogen) atoms. The number of ether oxygens (including phenoxy) is 1. The molecule has 13 nitrogen and oxygen atoms in total. The first-order valence-corrected chi connectivity index (χ1v) is 13.1. The maximum atomic E-state index is 12.8. The molecule has 0 bridgehead atoms. The Bertz CT molecular complexity index is 1470. The van der Waals surface area contributed by atoms with Crippen molar-refractivity contribution in [3.63, 3.8) is 0 Å². The summed E-state index contributed by atoms with van der Waals surface area (Å²) in [5.41, 5.74) is 5.79. The van der Waals surface area contributed by atoms with Crippen molar-refractivity contribution in [1.29, 1.82) is 0 Å². The average molecular weight is 623 g/mol. The van der Waals surface area contributed by atoms with Crippen LogP contribution in [0.3, 0.4) is 0 Å². The van der Waals surface area contributed by atoms with Crippen molar-refractivity contribution in [2.75, 3.05) is 30.3 Å². The fourth-order valence-electron chi connectivity index (χ4n) is 3.79. The van der Waals surface area contributed by atoms with Crippen molar-refractivity contribution in [2.24, 2.45) is 5.73 Å². The number of halogens is 4. The minimum atomic E-state index is -4.61. The lowest BCUT2D eigenvalue weighted by Crippen LogP contribution is -2.43. The Labute approximate surface area is 247 Å². The number of hydrogen-bond acceptors (Lipinski definition) is 10. The second kappa shape index (κ2) is 13.1. The van der Waals surface area contributed by atoms with Crippen LogP contribution in [0.4, 0.5) is 30.8 Å². The fourth-order valence-corrected chi connectivity index (χ4v) is 3.92. The summed E-state index contributed by atoms with van der Waals surface area (Å²) in [6, 6.07) is 12.5. The van der Waals surface area contributed by atoms with E-state index >= 15 is 0 Å². The predicted molar refractivity (Wildman–Crippen MR) is 148 cm³/mol. The molecule has 0 saturated heterocycles. The molecule has 1 heterocycles. The lowest BCUT2D eigenvalue weighted by molar-refractivity contribution is -0.154. The molecule has 1 saturated carbocycles. The van der Waals surface area contributed by atoms with Crippen LogP contribution in [0, 0.1) is 0 Å². The number of nitrogens with one attached hydrogen (secondary N) is 4. The molecule has 0 radical (unpaired) electrons. The third-order valence-corrected chi connectivity index (χ3v) is 6.35. The van der Waals surface area contributed by atoms with Crippen LogP contribution in [-0.4, -0.2) is 69.8 Å². The first-order valence-electron chi connectivity index (χ1n) is 12.7. The summed E-state index contributed by atoms with van der Waals surface area (Å²) >= 11 is 5.99. The first kappa shape index (κ1) is 31.2. The zero-order valence-corrected chi connectivity index (χ0v) is 23.0. The number of nitrogens with zero attached hydrogens (tertiary/aromatic N) is 3. The molecule has 3 amide bonds. The third kappa shape index (κ3) is 9.14. The van der Waals surface area contributed by atoms with Crippen molar-refractivity contribution in [3.05, 3.63) is 64.7 Å². The van der Waals surface area contributed by atoms with E-state index in [0.717, 1.165) is 18.4 Å². The van der Waals surface area contributed by atoms with Crippen LogP contribution in [0.1, 0.15) is 28.8 Å². The van der Waals surface area contributed by atoms with Gasteiger partial charge in [0, 0.05) is 29.4 Å². The number of primary amides is 1. The SMILES string of the molecule is NC(=O)C(=O)NCC(O)CNC(=O)c1ccc(Nc2nc(NC3(c4ccc(Cl)cc4)CC3)nc(OCC(F)(F)F)n2)cc1. The van der Waals surface area contributed by atoms with Gasteiger partial charge in [0.2, 0.25) is 11.9 Å². The van der Waals surface area contributed by atoms with Crippen molar-refractivity contribution < 1.29 is 37.4 Å². The average Bonchev–Trinajstić information content (AvgIpc) is 3.74. The molecule has 17 heteroatoms. The number of carbonyl (C=O) groups is 3. The van der Waals surface area contributed by atoms with Gasteiger partial charge >= 0.3 is 24.0 Å². The van der Waals surface area contributed by atoms with Crippen molar-refractivity contribution >= 4 is 46.9 Å². The molecule has 1 fully saturated rings. The molecule has 0 aliphatic heterocycles. The highest BCUT2D eigenvalue weighted by molar-refractivity contribution is 6.34. The van der Waals surface area contributed by atoms with Gasteiger partial charge in [-0.2, -0.15) is 28.1 Å². The van der Waals surface area contributed by atoms with E-state index in [1.807, 2.05) is 12.1 Å². The van der Waals surface area contributed by atoms with E-state index in [-0.39, 0.29) is 30.5 Å². The summed E-state index contributed by atoms with van der Waals surface area (Å²) in [7, 11) is 0. The molecule has 0 spiro atoms. The third-order valence-electron chi connectivity index (χ3n) is 6.10. The Balaban J connectivity index is 1.42. The van der Waals surface area contributed by atoms with Gasteiger partial charge in [-0.25, -0.2) is 0 Å². The number of aliphatic hydroxyl groups is 1. The Morgan fingerprint density at radius 1 is 0.977 bits per heavy atom. The highest BCUT2D eigenvalue weighted by Crippen LogP contribution is 2.48. The summed E-state index contributed by atoms with van der Waals surface area (Å²) in [4.78, 5) is 46.5. The quantitative estimate of drug-likeness (QED) is 0.163. The minimum absolute atomic E-state index is 0.0105. The van der Waals surface area contributed by atoms with Gasteiger partial charge in [-0.1, -0.05) is 23.7 Å². The summed E-state index contributed by atoms with van der Waals surface area (Å²) in [5.74, 6) is -2.94. The van der Waals surface area contributed by atoms with E-state index in [9.17, 15) is 32.7 Å². The molecule has 2 aromatic carbocycles. The Hall–Kier alpha value is -4.70. The number of anilines is 3. The molecule has 7 N–H and O–H groups in total. The Morgan fingerprint density at radius 2 is 1.60 bits per heavy atom. The Kier molecular flexibility index (Phi) is 9.50. The normalized spacial score (nSPS) is 14.3. The van der Waals surface area contributed by atoms with Gasteiger partial charge in [-0.05, 0) is 54.8 Å². The summed E-state index contributed by atoms with van der Waals surface area (Å²) in [5, 5.41) is 21.0. The second-order valence-electron chi connectivity index (χ2n) is 9.52. The number of aromatic nitrogens is 3. The largest absolute Gasteiger partial charge is 0.454 e. The Morgan fingerprint density at radius 3 is 2.21 bits per heavy atom. The maximum absolute atomic E-state index is 12.8. The lowest BCUT2D eigenvalue weighted by Gasteiger charge is -2.19. The van der Waals surface area contributed by atoms with Crippen LogP contribution < -0.4 is 31.7 Å².